The quantitative estimate of drug-likeness (QED) is 0.839. The molecule has 1 unspecified atom stereocenters. The van der Waals surface area contributed by atoms with Gasteiger partial charge in [-0.3, -0.25) is 9.59 Å². The second kappa shape index (κ2) is 5.92. The van der Waals surface area contributed by atoms with Gasteiger partial charge in [0.05, 0.1) is 23.3 Å². The molecular weight excluding hydrogens is 277 g/mol. The number of carbonyl (C=O) groups is 2. The van der Waals surface area contributed by atoms with Gasteiger partial charge in [-0.25, -0.2) is 4.39 Å². The van der Waals surface area contributed by atoms with Crippen LogP contribution in [0.3, 0.4) is 0 Å². The van der Waals surface area contributed by atoms with Crippen molar-refractivity contribution >= 4 is 11.9 Å². The maximum absolute atomic E-state index is 13.4. The van der Waals surface area contributed by atoms with Gasteiger partial charge in [0, 0.05) is 0 Å². The molecule has 0 bridgehead atoms. The van der Waals surface area contributed by atoms with Crippen LogP contribution in [0, 0.1) is 22.6 Å². The third-order valence-corrected chi connectivity index (χ3v) is 3.37. The summed E-state index contributed by atoms with van der Waals surface area (Å²) >= 11 is 0. The Balaban J connectivity index is 3.39. The summed E-state index contributed by atoms with van der Waals surface area (Å²) in [7, 11) is 0. The second-order valence-electron chi connectivity index (χ2n) is 5.64. The molecule has 0 aliphatic carbocycles. The van der Waals surface area contributed by atoms with Crippen molar-refractivity contribution in [1.82, 2.24) is 0 Å². The number of rotatable bonds is 6. The first-order chi connectivity index (χ1) is 9.63. The molecule has 0 amide bonds. The second-order valence-corrected chi connectivity index (χ2v) is 5.64. The molecular formula is C15H16FNO4. The zero-order chi connectivity index (χ0) is 16.3. The van der Waals surface area contributed by atoms with E-state index in [9.17, 15) is 24.3 Å². The molecule has 1 aromatic rings. The molecule has 0 saturated carbocycles. The highest BCUT2D eigenvalue weighted by Crippen LogP contribution is 2.39. The minimum atomic E-state index is -1.60. The highest BCUT2D eigenvalue weighted by atomic mass is 19.1. The molecule has 2 N–H and O–H groups in total. The van der Waals surface area contributed by atoms with Crippen molar-refractivity contribution in [2.75, 3.05) is 0 Å². The lowest BCUT2D eigenvalue weighted by atomic mass is 9.68. The van der Waals surface area contributed by atoms with Crippen molar-refractivity contribution < 1.29 is 24.2 Å². The average molecular weight is 293 g/mol. The van der Waals surface area contributed by atoms with Crippen LogP contribution in [0.15, 0.2) is 24.3 Å². The maximum atomic E-state index is 13.4. The monoisotopic (exact) mass is 293 g/mol. The first-order valence-corrected chi connectivity index (χ1v) is 6.25. The Bertz CT molecular complexity index is 606. The number of nitriles is 1. The molecule has 1 aromatic carbocycles. The average Bonchev–Trinajstić information content (AvgIpc) is 2.36. The van der Waals surface area contributed by atoms with Crippen molar-refractivity contribution in [1.29, 1.82) is 5.26 Å². The van der Waals surface area contributed by atoms with Crippen LogP contribution in [-0.4, -0.2) is 22.2 Å². The summed E-state index contributed by atoms with van der Waals surface area (Å²) < 4.78 is 13.4. The highest BCUT2D eigenvalue weighted by Gasteiger charge is 2.43. The molecule has 1 atom stereocenters. The van der Waals surface area contributed by atoms with Gasteiger partial charge < -0.3 is 10.2 Å². The molecule has 1 rings (SSSR count). The largest absolute Gasteiger partial charge is 0.481 e. The Kier molecular flexibility index (Phi) is 4.69. The number of carboxylic acid groups (broad SMARTS) is 2. The Morgan fingerprint density at radius 2 is 1.95 bits per heavy atom. The lowest BCUT2D eigenvalue weighted by Gasteiger charge is -2.32. The van der Waals surface area contributed by atoms with Gasteiger partial charge >= 0.3 is 11.9 Å². The summed E-state index contributed by atoms with van der Waals surface area (Å²) in [5, 5.41) is 27.7. The number of hydrogen-bond donors (Lipinski definition) is 2. The molecule has 0 fully saturated rings. The van der Waals surface area contributed by atoms with Crippen LogP contribution >= 0.6 is 0 Å². The number of benzene rings is 1. The van der Waals surface area contributed by atoms with Gasteiger partial charge in [-0.2, -0.15) is 5.26 Å². The maximum Gasteiger partial charge on any atom is 0.309 e. The minimum Gasteiger partial charge on any atom is -0.481 e. The Morgan fingerprint density at radius 3 is 2.38 bits per heavy atom. The summed E-state index contributed by atoms with van der Waals surface area (Å²) in [5.74, 6) is -3.00. The smallest absolute Gasteiger partial charge is 0.309 e. The number of halogens is 1. The molecule has 0 saturated heterocycles. The fourth-order valence-corrected chi connectivity index (χ4v) is 2.28. The Labute approximate surface area is 121 Å². The lowest BCUT2D eigenvalue weighted by molar-refractivity contribution is -0.149. The number of carboxylic acids is 2. The molecule has 0 aromatic heterocycles. The van der Waals surface area contributed by atoms with Crippen LogP contribution in [0.5, 0.6) is 0 Å². The summed E-state index contributed by atoms with van der Waals surface area (Å²) in [5.41, 5.74) is -2.76. The molecule has 0 radical (unpaired) electrons. The van der Waals surface area contributed by atoms with Gasteiger partial charge in [-0.15, -0.1) is 0 Å². The summed E-state index contributed by atoms with van der Waals surface area (Å²) in [6, 6.07) is 6.94. The molecule has 112 valence electrons. The summed E-state index contributed by atoms with van der Waals surface area (Å²) in [6.07, 6.45) is -0.828. The zero-order valence-electron chi connectivity index (χ0n) is 11.8. The van der Waals surface area contributed by atoms with E-state index in [1.807, 2.05) is 6.07 Å². The van der Waals surface area contributed by atoms with Crippen molar-refractivity contribution in [3.05, 3.63) is 35.6 Å². The van der Waals surface area contributed by atoms with E-state index in [-0.39, 0.29) is 12.0 Å². The van der Waals surface area contributed by atoms with Crippen molar-refractivity contribution in [2.45, 2.75) is 32.1 Å². The van der Waals surface area contributed by atoms with E-state index in [0.29, 0.717) is 0 Å². The minimum absolute atomic E-state index is 0.168. The predicted molar refractivity (Wildman–Crippen MR) is 72.0 cm³/mol. The molecule has 21 heavy (non-hydrogen) atoms. The standard InChI is InChI=1S/C15H16FNO4/c1-14(2,13(20)21)8-15(9-17,7-12(18)19)10-4-3-5-11(16)6-10/h3-6H,7-8H2,1-2H3,(H,18,19)(H,20,21). The van der Waals surface area contributed by atoms with Gasteiger partial charge in [0.15, 0.2) is 0 Å². The third-order valence-electron chi connectivity index (χ3n) is 3.37. The molecule has 0 spiro atoms. The third kappa shape index (κ3) is 3.78. The number of hydrogen-bond acceptors (Lipinski definition) is 3. The molecule has 0 aliphatic heterocycles. The predicted octanol–water partition coefficient (Wildman–Crippen LogP) is 2.56. The van der Waals surface area contributed by atoms with E-state index in [0.717, 1.165) is 6.07 Å². The lowest BCUT2D eigenvalue weighted by Crippen LogP contribution is -2.37. The summed E-state index contributed by atoms with van der Waals surface area (Å²) in [6.45, 7) is 2.81. The van der Waals surface area contributed by atoms with Crippen LogP contribution < -0.4 is 0 Å². The van der Waals surface area contributed by atoms with Gasteiger partial charge in [0.2, 0.25) is 0 Å². The Hall–Kier alpha value is -2.42. The van der Waals surface area contributed by atoms with Crippen molar-refractivity contribution in [3.63, 3.8) is 0 Å². The first-order valence-electron chi connectivity index (χ1n) is 6.25. The SMILES string of the molecule is CC(C)(CC(C#N)(CC(=O)O)c1cccc(F)c1)C(=O)O. The van der Waals surface area contributed by atoms with Gasteiger partial charge in [-0.05, 0) is 38.0 Å². The van der Waals surface area contributed by atoms with Crippen LogP contribution in [-0.2, 0) is 15.0 Å². The van der Waals surface area contributed by atoms with Gasteiger partial charge in [0.25, 0.3) is 0 Å². The van der Waals surface area contributed by atoms with Crippen molar-refractivity contribution in [3.8, 4) is 6.07 Å². The van der Waals surface area contributed by atoms with E-state index >= 15 is 0 Å². The molecule has 0 aliphatic rings. The van der Waals surface area contributed by atoms with E-state index in [1.54, 1.807) is 0 Å². The number of aliphatic carboxylic acids is 2. The zero-order valence-corrected chi connectivity index (χ0v) is 11.8. The van der Waals surface area contributed by atoms with Crippen LogP contribution in [0.2, 0.25) is 0 Å². The van der Waals surface area contributed by atoms with Crippen LogP contribution in [0.4, 0.5) is 4.39 Å². The van der Waals surface area contributed by atoms with E-state index in [2.05, 4.69) is 0 Å². The van der Waals surface area contributed by atoms with Gasteiger partial charge in [0.1, 0.15) is 5.82 Å². The first kappa shape index (κ1) is 16.6. The Morgan fingerprint density at radius 1 is 1.33 bits per heavy atom. The van der Waals surface area contributed by atoms with E-state index in [4.69, 9.17) is 5.11 Å². The fourth-order valence-electron chi connectivity index (χ4n) is 2.28. The topological polar surface area (TPSA) is 98.4 Å². The van der Waals surface area contributed by atoms with E-state index in [1.165, 1.54) is 32.0 Å². The van der Waals surface area contributed by atoms with Crippen molar-refractivity contribution in [2.24, 2.45) is 5.41 Å². The van der Waals surface area contributed by atoms with Crippen LogP contribution in [0.1, 0.15) is 32.3 Å². The van der Waals surface area contributed by atoms with Crippen LogP contribution in [0.25, 0.3) is 0 Å². The normalized spacial score (nSPS) is 14.0. The highest BCUT2D eigenvalue weighted by molar-refractivity contribution is 5.75. The summed E-state index contributed by atoms with van der Waals surface area (Å²) in [4.78, 5) is 22.4. The van der Waals surface area contributed by atoms with E-state index < -0.39 is 35.0 Å². The fraction of sp³-hybridized carbons (Fsp3) is 0.400. The molecule has 6 heteroatoms. The van der Waals surface area contributed by atoms with Gasteiger partial charge in [-0.1, -0.05) is 12.1 Å². The molecule has 0 heterocycles. The number of nitrogens with zero attached hydrogens (tertiary/aromatic N) is 1. The molecule has 5 nitrogen and oxygen atoms in total.